The van der Waals surface area contributed by atoms with Crippen molar-refractivity contribution in [2.75, 3.05) is 0 Å². The summed E-state index contributed by atoms with van der Waals surface area (Å²) in [5.41, 5.74) is 2.36. The van der Waals surface area contributed by atoms with Gasteiger partial charge in [-0.2, -0.15) is 0 Å². The number of hydrogen-bond acceptors (Lipinski definition) is 3. The molecule has 4 aliphatic carbocycles. The van der Waals surface area contributed by atoms with Crippen LogP contribution in [-0.4, -0.2) is 27.7 Å². The van der Waals surface area contributed by atoms with Gasteiger partial charge in [0.2, 0.25) is 0 Å². The highest BCUT2D eigenvalue weighted by Crippen LogP contribution is 2.71. The second kappa shape index (κ2) is 7.79. The fourth-order valence-corrected chi connectivity index (χ4v) is 8.73. The van der Waals surface area contributed by atoms with Gasteiger partial charge in [-0.1, -0.05) is 53.7 Å². The Bertz CT molecular complexity index is 873. The van der Waals surface area contributed by atoms with Crippen molar-refractivity contribution in [1.29, 1.82) is 0 Å². The van der Waals surface area contributed by atoms with Crippen molar-refractivity contribution in [2.24, 2.45) is 39.4 Å². The molecular weight excluding hydrogens is 408 g/mol. The van der Waals surface area contributed by atoms with Crippen LogP contribution in [0.3, 0.4) is 0 Å². The third-order valence-corrected chi connectivity index (χ3v) is 11.5. The number of ketones is 1. The monoisotopic (exact) mass is 456 g/mol. The van der Waals surface area contributed by atoms with Crippen LogP contribution in [0.5, 0.6) is 0 Å². The lowest BCUT2D eigenvalue weighted by Gasteiger charge is -2.59. The van der Waals surface area contributed by atoms with E-state index in [1.54, 1.807) is 25.0 Å². The molecule has 0 aliphatic heterocycles. The maximum atomic E-state index is 12.8. The molecule has 0 radical (unpaired) electrons. The minimum Gasteiger partial charge on any atom is -0.390 e. The molecule has 2 saturated carbocycles. The van der Waals surface area contributed by atoms with E-state index in [2.05, 4.69) is 53.7 Å². The van der Waals surface area contributed by atoms with Gasteiger partial charge in [-0.25, -0.2) is 0 Å². The largest absolute Gasteiger partial charge is 0.390 e. The van der Waals surface area contributed by atoms with Crippen LogP contribution < -0.4 is 0 Å². The fourth-order valence-electron chi connectivity index (χ4n) is 8.73. The normalized spacial score (nSPS) is 41.9. The highest BCUT2D eigenvalue weighted by atomic mass is 16.3. The predicted octanol–water partition coefficient (Wildman–Crippen LogP) is 6.63. The van der Waals surface area contributed by atoms with Gasteiger partial charge in [-0.05, 0) is 104 Å². The Morgan fingerprint density at radius 2 is 1.73 bits per heavy atom. The smallest absolute Gasteiger partial charge is 0.138 e. The van der Waals surface area contributed by atoms with Gasteiger partial charge < -0.3 is 10.2 Å². The van der Waals surface area contributed by atoms with E-state index in [4.69, 9.17) is 0 Å². The topological polar surface area (TPSA) is 57.5 Å². The molecule has 0 spiro atoms. The number of allylic oxidation sites excluding steroid dienone is 4. The molecule has 4 rings (SSSR count). The van der Waals surface area contributed by atoms with E-state index >= 15 is 0 Å². The lowest BCUT2D eigenvalue weighted by Crippen LogP contribution is -2.53. The molecule has 0 aromatic carbocycles. The average Bonchev–Trinajstić information content (AvgIpc) is 3.00. The van der Waals surface area contributed by atoms with Crippen molar-refractivity contribution in [2.45, 2.75) is 118 Å². The van der Waals surface area contributed by atoms with Crippen LogP contribution in [0.15, 0.2) is 23.3 Å². The summed E-state index contributed by atoms with van der Waals surface area (Å²) in [6, 6.07) is 0. The van der Waals surface area contributed by atoms with Crippen LogP contribution >= 0.6 is 0 Å². The van der Waals surface area contributed by atoms with Gasteiger partial charge >= 0.3 is 0 Å². The van der Waals surface area contributed by atoms with Crippen molar-refractivity contribution >= 4 is 5.78 Å². The molecule has 0 unspecified atom stereocenters. The van der Waals surface area contributed by atoms with Gasteiger partial charge in [0.25, 0.3) is 0 Å². The Morgan fingerprint density at radius 1 is 1.06 bits per heavy atom. The number of hydrogen-bond donors (Lipinski definition) is 2. The van der Waals surface area contributed by atoms with Gasteiger partial charge in [0, 0.05) is 11.8 Å². The second-order valence-electron chi connectivity index (χ2n) is 13.9. The van der Waals surface area contributed by atoms with Crippen molar-refractivity contribution in [3.8, 4) is 0 Å². The third-order valence-electron chi connectivity index (χ3n) is 11.5. The molecule has 0 heterocycles. The number of fused-ring (bicyclic) bond motifs is 5. The minimum absolute atomic E-state index is 0.104. The number of Topliss-reactive ketones (excluding diaryl/α,β-unsaturated/α-hetero) is 1. The first-order chi connectivity index (χ1) is 15.1. The SMILES string of the molecule is C[C@H](CC[C@H](O)C(C)(C)O)[C@H]1CC[C@@]2(C)C3=CC[C@H]4C(C)(C)C(=O)CC[C@]4(C)C3=CC[C@]12C. The van der Waals surface area contributed by atoms with E-state index in [0.29, 0.717) is 36.4 Å². The molecule has 0 bridgehead atoms. The Morgan fingerprint density at radius 3 is 2.36 bits per heavy atom. The first-order valence-electron chi connectivity index (χ1n) is 13.4. The highest BCUT2D eigenvalue weighted by molar-refractivity contribution is 5.86. The summed E-state index contributed by atoms with van der Waals surface area (Å²) in [6.07, 6.45) is 12.3. The maximum Gasteiger partial charge on any atom is 0.138 e. The van der Waals surface area contributed by atoms with Crippen LogP contribution in [-0.2, 0) is 4.79 Å². The summed E-state index contributed by atoms with van der Waals surface area (Å²) in [5, 5.41) is 20.5. The first kappa shape index (κ1) is 25.2. The zero-order valence-corrected chi connectivity index (χ0v) is 22.4. The molecule has 0 saturated heterocycles. The van der Waals surface area contributed by atoms with Gasteiger partial charge in [0.15, 0.2) is 0 Å². The van der Waals surface area contributed by atoms with Crippen molar-refractivity contribution in [1.82, 2.24) is 0 Å². The Kier molecular flexibility index (Phi) is 5.94. The molecule has 186 valence electrons. The van der Waals surface area contributed by atoms with Crippen LogP contribution in [0, 0.1) is 39.4 Å². The quantitative estimate of drug-likeness (QED) is 0.488. The van der Waals surface area contributed by atoms with E-state index in [-0.39, 0.29) is 21.7 Å². The summed E-state index contributed by atoms with van der Waals surface area (Å²) in [6.45, 7) is 17.6. The second-order valence-corrected chi connectivity index (χ2v) is 13.9. The van der Waals surface area contributed by atoms with Crippen LogP contribution in [0.2, 0.25) is 0 Å². The lowest BCUT2D eigenvalue weighted by molar-refractivity contribution is -0.138. The molecule has 0 amide bonds. The molecule has 3 heteroatoms. The average molecular weight is 457 g/mol. The molecule has 4 aliphatic rings. The maximum absolute atomic E-state index is 12.8. The number of aliphatic hydroxyl groups excluding tert-OH is 1. The molecule has 7 atom stereocenters. The third kappa shape index (κ3) is 3.54. The fraction of sp³-hybridized carbons (Fsp3) is 0.833. The predicted molar refractivity (Wildman–Crippen MR) is 135 cm³/mol. The zero-order chi connectivity index (χ0) is 24.6. The number of carbonyl (C=O) groups is 1. The molecule has 2 N–H and O–H groups in total. The van der Waals surface area contributed by atoms with Gasteiger partial charge in [0.05, 0.1) is 11.7 Å². The molecule has 33 heavy (non-hydrogen) atoms. The van der Waals surface area contributed by atoms with Crippen LogP contribution in [0.4, 0.5) is 0 Å². The summed E-state index contributed by atoms with van der Waals surface area (Å²) >= 11 is 0. The lowest BCUT2D eigenvalue weighted by atomic mass is 9.44. The molecule has 2 fully saturated rings. The number of rotatable bonds is 5. The van der Waals surface area contributed by atoms with E-state index in [9.17, 15) is 15.0 Å². The first-order valence-corrected chi connectivity index (χ1v) is 13.4. The van der Waals surface area contributed by atoms with Gasteiger partial charge in [-0.3, -0.25) is 4.79 Å². The van der Waals surface area contributed by atoms with E-state index in [1.807, 2.05) is 0 Å². The Balaban J connectivity index is 1.62. The summed E-state index contributed by atoms with van der Waals surface area (Å²) in [5.74, 6) is 1.97. The van der Waals surface area contributed by atoms with E-state index in [0.717, 1.165) is 25.7 Å². The van der Waals surface area contributed by atoms with E-state index < -0.39 is 11.7 Å². The zero-order valence-electron chi connectivity index (χ0n) is 22.4. The Hall–Kier alpha value is -0.930. The summed E-state index contributed by atoms with van der Waals surface area (Å²) in [7, 11) is 0. The van der Waals surface area contributed by atoms with E-state index in [1.165, 1.54) is 12.8 Å². The summed E-state index contributed by atoms with van der Waals surface area (Å²) in [4.78, 5) is 12.8. The molecule has 3 nitrogen and oxygen atoms in total. The summed E-state index contributed by atoms with van der Waals surface area (Å²) < 4.78 is 0. The highest BCUT2D eigenvalue weighted by Gasteiger charge is 2.63. The van der Waals surface area contributed by atoms with Crippen molar-refractivity contribution in [3.63, 3.8) is 0 Å². The van der Waals surface area contributed by atoms with Gasteiger partial charge in [-0.15, -0.1) is 0 Å². The molecular formula is C30H48O3. The minimum atomic E-state index is -1.04. The standard InChI is InChI=1S/C30H48O3/c1-19(9-12-25(32)27(4,5)33)20-13-17-30(8)22-10-11-23-26(2,3)24(31)15-16-28(23,6)21(22)14-18-29(20,30)7/h10,14,19-20,23,25,32-33H,9,11-13,15-18H2,1-8H3/t19-,20-,23+,25+,28-,29-,30+/m1/s1. The molecule has 0 aromatic heterocycles. The molecule has 0 aromatic rings. The van der Waals surface area contributed by atoms with Crippen LogP contribution in [0.25, 0.3) is 0 Å². The van der Waals surface area contributed by atoms with Crippen molar-refractivity contribution < 1.29 is 15.0 Å². The van der Waals surface area contributed by atoms with Crippen LogP contribution in [0.1, 0.15) is 107 Å². The number of aliphatic hydroxyl groups is 2. The Labute approximate surface area is 202 Å². The van der Waals surface area contributed by atoms with Crippen molar-refractivity contribution in [3.05, 3.63) is 23.3 Å². The number of carbonyl (C=O) groups excluding carboxylic acids is 1. The van der Waals surface area contributed by atoms with Gasteiger partial charge in [0.1, 0.15) is 5.78 Å².